The minimum absolute atomic E-state index is 0. The van der Waals surface area contributed by atoms with Crippen LogP contribution >= 0.6 is 35.1 Å². The van der Waals surface area contributed by atoms with Gasteiger partial charge in [0.25, 0.3) is 0 Å². The Morgan fingerprint density at radius 2 is 2.16 bits per heavy atom. The van der Waals surface area contributed by atoms with E-state index in [1.54, 1.807) is 11.3 Å². The van der Waals surface area contributed by atoms with Gasteiger partial charge in [0, 0.05) is 10.9 Å². The predicted molar refractivity (Wildman–Crippen MR) is 81.9 cm³/mol. The van der Waals surface area contributed by atoms with Crippen molar-refractivity contribution in [1.29, 1.82) is 0 Å². The first-order valence-electron chi connectivity index (χ1n) is 5.50. The molecule has 104 valence electrons. The molecule has 2 aromatic heterocycles. The van der Waals surface area contributed by atoms with Crippen LogP contribution in [0.15, 0.2) is 16.8 Å². The molecule has 0 aliphatic carbocycles. The summed E-state index contributed by atoms with van der Waals surface area (Å²) in [7, 11) is 0. The summed E-state index contributed by atoms with van der Waals surface area (Å²) in [5.74, 6) is -0.132. The van der Waals surface area contributed by atoms with Crippen LogP contribution in [0.3, 0.4) is 0 Å². The predicted octanol–water partition coefficient (Wildman–Crippen LogP) is 2.61. The van der Waals surface area contributed by atoms with Gasteiger partial charge >= 0.3 is 0 Å². The van der Waals surface area contributed by atoms with Crippen molar-refractivity contribution in [3.05, 3.63) is 16.8 Å². The third-order valence-corrected chi connectivity index (χ3v) is 4.02. The Labute approximate surface area is 125 Å². The zero-order chi connectivity index (χ0) is 13.1. The Morgan fingerprint density at radius 1 is 1.42 bits per heavy atom. The molecule has 5 nitrogen and oxygen atoms in total. The third-order valence-electron chi connectivity index (χ3n) is 2.44. The topological polar surface area (TPSA) is 80.9 Å². The number of nitrogens with one attached hydrogen (secondary N) is 1. The molecule has 1 amide bonds. The summed E-state index contributed by atoms with van der Waals surface area (Å²) < 4.78 is 0. The van der Waals surface area contributed by atoms with Gasteiger partial charge in [0.2, 0.25) is 11.0 Å². The molecule has 0 unspecified atom stereocenters. The lowest BCUT2D eigenvalue weighted by Crippen LogP contribution is -2.39. The van der Waals surface area contributed by atoms with E-state index in [9.17, 15) is 4.79 Å². The van der Waals surface area contributed by atoms with E-state index in [2.05, 4.69) is 15.5 Å². The SMILES string of the molecule is CC(C)[C@H](N)C(=O)Nc1nnc(-c2ccsc2)s1.Cl. The van der Waals surface area contributed by atoms with Gasteiger partial charge in [-0.15, -0.1) is 22.6 Å². The summed E-state index contributed by atoms with van der Waals surface area (Å²) in [6, 6.07) is 1.44. The van der Waals surface area contributed by atoms with Crippen LogP contribution in [0, 0.1) is 5.92 Å². The van der Waals surface area contributed by atoms with Gasteiger partial charge in [0.15, 0.2) is 0 Å². The number of nitrogens with two attached hydrogens (primary N) is 1. The van der Waals surface area contributed by atoms with Crippen molar-refractivity contribution in [3.63, 3.8) is 0 Å². The molecule has 19 heavy (non-hydrogen) atoms. The van der Waals surface area contributed by atoms with Crippen LogP contribution < -0.4 is 11.1 Å². The molecule has 0 saturated carbocycles. The normalized spacial score (nSPS) is 12.0. The van der Waals surface area contributed by atoms with Crippen LogP contribution in [0.4, 0.5) is 5.13 Å². The molecule has 3 N–H and O–H groups in total. The van der Waals surface area contributed by atoms with E-state index in [4.69, 9.17) is 5.73 Å². The molecule has 0 fully saturated rings. The Balaban J connectivity index is 0.00000180. The lowest BCUT2D eigenvalue weighted by molar-refractivity contribution is -0.118. The van der Waals surface area contributed by atoms with Gasteiger partial charge in [-0.25, -0.2) is 0 Å². The Morgan fingerprint density at radius 3 is 2.74 bits per heavy atom. The second kappa shape index (κ2) is 6.95. The number of carbonyl (C=O) groups is 1. The monoisotopic (exact) mass is 318 g/mol. The Bertz CT molecular complexity index is 527. The fourth-order valence-electron chi connectivity index (χ4n) is 1.27. The largest absolute Gasteiger partial charge is 0.320 e. The van der Waals surface area contributed by atoms with E-state index in [1.807, 2.05) is 30.7 Å². The molecular formula is C11H15ClN4OS2. The summed E-state index contributed by atoms with van der Waals surface area (Å²) in [5.41, 5.74) is 6.77. The number of hydrogen-bond acceptors (Lipinski definition) is 6. The number of anilines is 1. The van der Waals surface area contributed by atoms with Crippen LogP contribution in [0.2, 0.25) is 0 Å². The zero-order valence-electron chi connectivity index (χ0n) is 10.5. The van der Waals surface area contributed by atoms with Gasteiger partial charge in [-0.2, -0.15) is 11.3 Å². The number of halogens is 1. The lowest BCUT2D eigenvalue weighted by atomic mass is 10.1. The van der Waals surface area contributed by atoms with E-state index >= 15 is 0 Å². The van der Waals surface area contributed by atoms with Gasteiger partial charge in [0.1, 0.15) is 5.01 Å². The highest BCUT2D eigenvalue weighted by Gasteiger charge is 2.19. The molecule has 0 saturated heterocycles. The molecule has 0 aliphatic heterocycles. The molecule has 8 heteroatoms. The van der Waals surface area contributed by atoms with Crippen LogP contribution in [0.5, 0.6) is 0 Å². The van der Waals surface area contributed by atoms with Gasteiger partial charge in [-0.1, -0.05) is 25.2 Å². The van der Waals surface area contributed by atoms with E-state index in [0.717, 1.165) is 10.6 Å². The lowest BCUT2D eigenvalue weighted by Gasteiger charge is -2.13. The zero-order valence-corrected chi connectivity index (χ0v) is 12.9. The fraction of sp³-hybridized carbons (Fsp3) is 0.364. The van der Waals surface area contributed by atoms with E-state index in [-0.39, 0.29) is 24.2 Å². The first-order chi connectivity index (χ1) is 8.58. The number of nitrogens with zero attached hydrogens (tertiary/aromatic N) is 2. The van der Waals surface area contributed by atoms with Crippen LogP contribution in [-0.4, -0.2) is 22.1 Å². The minimum atomic E-state index is -0.529. The number of hydrogen-bond donors (Lipinski definition) is 2. The number of amides is 1. The highest BCUT2D eigenvalue weighted by atomic mass is 35.5. The summed E-state index contributed by atoms with van der Waals surface area (Å²) in [6.07, 6.45) is 0. The second-order valence-electron chi connectivity index (χ2n) is 4.18. The molecule has 0 bridgehead atoms. The molecule has 2 heterocycles. The Hall–Kier alpha value is -1.02. The van der Waals surface area contributed by atoms with Crippen LogP contribution in [0.1, 0.15) is 13.8 Å². The first-order valence-corrected chi connectivity index (χ1v) is 7.26. The quantitative estimate of drug-likeness (QED) is 0.908. The van der Waals surface area contributed by atoms with Crippen molar-refractivity contribution < 1.29 is 4.79 Å². The third kappa shape index (κ3) is 3.97. The van der Waals surface area contributed by atoms with Crippen molar-refractivity contribution in [2.75, 3.05) is 5.32 Å². The highest BCUT2D eigenvalue weighted by Crippen LogP contribution is 2.27. The molecular weight excluding hydrogens is 304 g/mol. The molecule has 0 aliphatic rings. The van der Waals surface area contributed by atoms with Crippen LogP contribution in [0.25, 0.3) is 10.6 Å². The summed E-state index contributed by atoms with van der Waals surface area (Å²) in [4.78, 5) is 11.8. The van der Waals surface area contributed by atoms with Gasteiger partial charge in [-0.3, -0.25) is 10.1 Å². The van der Waals surface area contributed by atoms with Gasteiger partial charge in [0.05, 0.1) is 6.04 Å². The second-order valence-corrected chi connectivity index (χ2v) is 5.94. The number of thiophene rings is 1. The van der Waals surface area contributed by atoms with Crippen molar-refractivity contribution in [1.82, 2.24) is 10.2 Å². The number of carbonyl (C=O) groups excluding carboxylic acids is 1. The van der Waals surface area contributed by atoms with Gasteiger partial charge < -0.3 is 5.73 Å². The average Bonchev–Trinajstić information content (AvgIpc) is 2.96. The summed E-state index contributed by atoms with van der Waals surface area (Å²) >= 11 is 2.94. The smallest absolute Gasteiger partial charge is 0.243 e. The van der Waals surface area contributed by atoms with E-state index in [0.29, 0.717) is 5.13 Å². The fourth-order valence-corrected chi connectivity index (χ4v) is 2.73. The molecule has 0 aromatic carbocycles. The van der Waals surface area contributed by atoms with E-state index in [1.165, 1.54) is 11.3 Å². The number of aromatic nitrogens is 2. The maximum Gasteiger partial charge on any atom is 0.243 e. The summed E-state index contributed by atoms with van der Waals surface area (Å²) in [5, 5.41) is 15.9. The molecule has 0 radical (unpaired) electrons. The highest BCUT2D eigenvalue weighted by molar-refractivity contribution is 7.19. The van der Waals surface area contributed by atoms with Crippen molar-refractivity contribution in [2.45, 2.75) is 19.9 Å². The minimum Gasteiger partial charge on any atom is -0.320 e. The van der Waals surface area contributed by atoms with Crippen molar-refractivity contribution in [3.8, 4) is 10.6 Å². The van der Waals surface area contributed by atoms with Crippen molar-refractivity contribution in [2.24, 2.45) is 11.7 Å². The molecule has 0 spiro atoms. The summed E-state index contributed by atoms with van der Waals surface area (Å²) in [6.45, 7) is 3.81. The molecule has 1 atom stereocenters. The van der Waals surface area contributed by atoms with Gasteiger partial charge in [-0.05, 0) is 17.4 Å². The molecule has 2 rings (SSSR count). The standard InChI is InChI=1S/C11H14N4OS2.ClH/c1-6(2)8(12)9(16)13-11-15-14-10(18-11)7-3-4-17-5-7;/h3-6,8H,12H2,1-2H3,(H,13,15,16);1H/t8-;/m0./s1. The van der Waals surface area contributed by atoms with Crippen molar-refractivity contribution >= 4 is 46.1 Å². The van der Waals surface area contributed by atoms with Crippen LogP contribution in [-0.2, 0) is 4.79 Å². The Kier molecular flexibility index (Phi) is 5.86. The first kappa shape index (κ1) is 16.0. The maximum absolute atomic E-state index is 11.8. The van der Waals surface area contributed by atoms with E-state index < -0.39 is 6.04 Å². The number of rotatable bonds is 4. The molecule has 2 aromatic rings. The maximum atomic E-state index is 11.8. The average molecular weight is 319 g/mol.